The average Bonchev–Trinajstić information content (AvgIpc) is 3.82. The van der Waals surface area contributed by atoms with Gasteiger partial charge in [0.2, 0.25) is 0 Å². The van der Waals surface area contributed by atoms with Gasteiger partial charge in [-0.3, -0.25) is 0 Å². The van der Waals surface area contributed by atoms with E-state index in [4.69, 9.17) is 0 Å². The number of rotatable bonds is 11. The second-order valence-electron chi connectivity index (χ2n) is 11.5. The second-order valence-corrected chi connectivity index (χ2v) is 11.5. The maximum atomic E-state index is 2.38. The smallest absolute Gasteiger partial charge is 0.0360 e. The summed E-state index contributed by atoms with van der Waals surface area (Å²) in [6.45, 7) is 37.2. The van der Waals surface area contributed by atoms with E-state index >= 15 is 0 Å². The molecule has 0 aromatic rings. The van der Waals surface area contributed by atoms with Crippen molar-refractivity contribution in [3.8, 4) is 0 Å². The fourth-order valence-electron chi connectivity index (χ4n) is 3.54. The zero-order valence-corrected chi connectivity index (χ0v) is 29.5. The topological polar surface area (TPSA) is 0 Å². The zero-order chi connectivity index (χ0) is 29.5. The van der Waals surface area contributed by atoms with Gasteiger partial charge in [0.05, 0.1) is 0 Å². The summed E-state index contributed by atoms with van der Waals surface area (Å²) in [4.78, 5) is 0. The Hall–Kier alpha value is 0. The van der Waals surface area contributed by atoms with Crippen LogP contribution < -0.4 is 0 Å². The summed E-state index contributed by atoms with van der Waals surface area (Å²) in [6.07, 6.45) is 17.2. The molecule has 2 aliphatic rings. The van der Waals surface area contributed by atoms with Gasteiger partial charge in [-0.25, -0.2) is 0 Å². The maximum Gasteiger partial charge on any atom is -0.0360 e. The molecule has 36 heavy (non-hydrogen) atoms. The Balaban J connectivity index is -0.000000120. The van der Waals surface area contributed by atoms with Gasteiger partial charge in [-0.15, -0.1) is 0 Å². The molecule has 0 heterocycles. The molecule has 0 saturated heterocycles. The summed E-state index contributed by atoms with van der Waals surface area (Å²) in [5.74, 6) is 6.99. The summed E-state index contributed by atoms with van der Waals surface area (Å²) in [5.41, 5.74) is 0. The summed E-state index contributed by atoms with van der Waals surface area (Å²) in [6, 6.07) is 0. The molecule has 0 aromatic heterocycles. The van der Waals surface area contributed by atoms with Crippen molar-refractivity contribution >= 4 is 0 Å². The quantitative estimate of drug-likeness (QED) is 0.240. The summed E-state index contributed by atoms with van der Waals surface area (Å²) in [5, 5.41) is 0. The van der Waals surface area contributed by atoms with Gasteiger partial charge < -0.3 is 0 Å². The van der Waals surface area contributed by atoms with E-state index in [9.17, 15) is 0 Å². The molecule has 0 spiro atoms. The molecule has 0 radical (unpaired) electrons. The van der Waals surface area contributed by atoms with Gasteiger partial charge in [-0.1, -0.05) is 182 Å². The van der Waals surface area contributed by atoms with Crippen molar-refractivity contribution < 1.29 is 0 Å². The first kappa shape index (κ1) is 45.9. The van der Waals surface area contributed by atoms with Crippen LogP contribution in [0, 0.1) is 41.4 Å². The number of hydrogen-bond acceptors (Lipinski definition) is 0. The highest BCUT2D eigenvalue weighted by Crippen LogP contribution is 2.47. The van der Waals surface area contributed by atoms with E-state index in [1.54, 1.807) is 0 Å². The van der Waals surface area contributed by atoms with E-state index in [-0.39, 0.29) is 0 Å². The third kappa shape index (κ3) is 44.0. The molecule has 0 aliphatic heterocycles. The van der Waals surface area contributed by atoms with Crippen molar-refractivity contribution in [2.75, 3.05) is 0 Å². The Kier molecular flexibility index (Phi) is 47.4. The molecular formula is C36H82. The summed E-state index contributed by atoms with van der Waals surface area (Å²) < 4.78 is 0. The Morgan fingerprint density at radius 1 is 0.611 bits per heavy atom. The van der Waals surface area contributed by atoms with Crippen molar-refractivity contribution in [1.29, 1.82) is 0 Å². The molecule has 226 valence electrons. The predicted molar refractivity (Wildman–Crippen MR) is 176 cm³/mol. The first-order valence-electron chi connectivity index (χ1n) is 17.1. The van der Waals surface area contributed by atoms with Crippen LogP contribution >= 0.6 is 0 Å². The lowest BCUT2D eigenvalue weighted by molar-refractivity contribution is 0.407. The lowest BCUT2D eigenvalue weighted by atomic mass is 9.95. The Morgan fingerprint density at radius 3 is 1.25 bits per heavy atom. The number of unbranched alkanes of at least 4 members (excludes halogenated alkanes) is 2. The van der Waals surface area contributed by atoms with Crippen LogP contribution in [0.5, 0.6) is 0 Å². The van der Waals surface area contributed by atoms with Gasteiger partial charge in [-0.2, -0.15) is 0 Å². The van der Waals surface area contributed by atoms with Crippen LogP contribution in [0.25, 0.3) is 0 Å². The summed E-state index contributed by atoms with van der Waals surface area (Å²) >= 11 is 0. The van der Waals surface area contributed by atoms with Crippen LogP contribution in [-0.4, -0.2) is 0 Å². The van der Waals surface area contributed by atoms with Crippen molar-refractivity contribution in [2.45, 2.75) is 195 Å². The SMILES string of the molecule is CC.CC.CC.CC1CC1.CCC(C)C.CCC(CC)CCC1CC1C(C)C.CCCCCC(C)C. The zero-order valence-electron chi connectivity index (χ0n) is 29.5. The minimum Gasteiger partial charge on any atom is -0.0683 e. The lowest BCUT2D eigenvalue weighted by Gasteiger charge is -2.11. The highest BCUT2D eigenvalue weighted by Gasteiger charge is 2.38. The minimum atomic E-state index is 0.884. The molecule has 2 aliphatic carbocycles. The molecule has 0 bridgehead atoms. The molecule has 0 heteroatoms. The van der Waals surface area contributed by atoms with E-state index in [0.29, 0.717) is 0 Å². The normalized spacial score (nSPS) is 16.9. The molecular weight excluding hydrogens is 432 g/mol. The van der Waals surface area contributed by atoms with Gasteiger partial charge in [0.25, 0.3) is 0 Å². The standard InChI is InChI=1S/C13H26.C8H18.C5H12.C4H8.3C2H6/c1-5-11(6-2)7-8-12-9-13(12)10(3)4;1-4-5-6-7-8(2)3;1-4-5(2)3;1-4-2-3-4;3*1-2/h10-13H,5-9H2,1-4H3;8H,4-7H2,1-3H3;5H,4H2,1-3H3;4H,2-3H2,1H3;3*1-2H3. The first-order chi connectivity index (χ1) is 17.1. The maximum absolute atomic E-state index is 2.38. The predicted octanol–water partition coefficient (Wildman–Crippen LogP) is 14.3. The monoisotopic (exact) mass is 515 g/mol. The van der Waals surface area contributed by atoms with E-state index in [0.717, 1.165) is 41.4 Å². The van der Waals surface area contributed by atoms with Gasteiger partial charge >= 0.3 is 0 Å². The highest BCUT2D eigenvalue weighted by atomic mass is 14.4. The van der Waals surface area contributed by atoms with E-state index in [2.05, 4.69) is 76.2 Å². The van der Waals surface area contributed by atoms with E-state index in [1.807, 2.05) is 41.5 Å². The van der Waals surface area contributed by atoms with E-state index in [1.165, 1.54) is 77.0 Å². The first-order valence-corrected chi connectivity index (χ1v) is 17.1. The molecule has 0 N–H and O–H groups in total. The van der Waals surface area contributed by atoms with Crippen LogP contribution in [0.1, 0.15) is 195 Å². The van der Waals surface area contributed by atoms with Crippen molar-refractivity contribution in [1.82, 2.24) is 0 Å². The highest BCUT2D eigenvalue weighted by molar-refractivity contribution is 4.88. The lowest BCUT2D eigenvalue weighted by Crippen LogP contribution is -1.99. The Bertz CT molecular complexity index is 319. The molecule has 0 amide bonds. The molecule has 2 saturated carbocycles. The van der Waals surface area contributed by atoms with Crippen molar-refractivity contribution in [3.05, 3.63) is 0 Å². The third-order valence-electron chi connectivity index (χ3n) is 7.00. The summed E-state index contributed by atoms with van der Waals surface area (Å²) in [7, 11) is 0. The van der Waals surface area contributed by atoms with Crippen LogP contribution in [0.2, 0.25) is 0 Å². The van der Waals surface area contributed by atoms with Crippen LogP contribution in [0.4, 0.5) is 0 Å². The average molecular weight is 515 g/mol. The van der Waals surface area contributed by atoms with E-state index < -0.39 is 0 Å². The Morgan fingerprint density at radius 2 is 1.03 bits per heavy atom. The largest absolute Gasteiger partial charge is 0.0683 e. The van der Waals surface area contributed by atoms with Gasteiger partial charge in [0, 0.05) is 0 Å². The van der Waals surface area contributed by atoms with Crippen molar-refractivity contribution in [2.24, 2.45) is 41.4 Å². The number of hydrogen-bond donors (Lipinski definition) is 0. The van der Waals surface area contributed by atoms with Crippen LogP contribution in [0.3, 0.4) is 0 Å². The van der Waals surface area contributed by atoms with Gasteiger partial charge in [0.1, 0.15) is 0 Å². The second kappa shape index (κ2) is 37.2. The molecule has 2 fully saturated rings. The minimum absolute atomic E-state index is 0.884. The molecule has 2 rings (SSSR count). The van der Waals surface area contributed by atoms with Gasteiger partial charge in [0.15, 0.2) is 0 Å². The van der Waals surface area contributed by atoms with Crippen LogP contribution in [-0.2, 0) is 0 Å². The molecule has 0 aromatic carbocycles. The van der Waals surface area contributed by atoms with Gasteiger partial charge in [-0.05, 0) is 54.3 Å². The molecule has 2 unspecified atom stereocenters. The Labute approximate surface area is 236 Å². The fourth-order valence-corrected chi connectivity index (χ4v) is 3.54. The molecule has 0 nitrogen and oxygen atoms in total. The third-order valence-corrected chi connectivity index (χ3v) is 7.00. The fraction of sp³-hybridized carbons (Fsp3) is 1.00. The molecule has 2 atom stereocenters. The van der Waals surface area contributed by atoms with Crippen LogP contribution in [0.15, 0.2) is 0 Å². The van der Waals surface area contributed by atoms with Crippen molar-refractivity contribution in [3.63, 3.8) is 0 Å².